The van der Waals surface area contributed by atoms with Crippen LogP contribution >= 0.6 is 0 Å². The molecule has 0 aliphatic carbocycles. The average molecular weight is 438 g/mol. The highest BCUT2D eigenvalue weighted by atomic mass is 19.1. The van der Waals surface area contributed by atoms with Crippen LogP contribution in [0.15, 0.2) is 72.8 Å². The number of nitriles is 1. The largest absolute Gasteiger partial charge is 0.493 e. The summed E-state index contributed by atoms with van der Waals surface area (Å²) in [6, 6.07) is 21.4. The molecule has 0 aliphatic rings. The van der Waals surface area contributed by atoms with Crippen LogP contribution in [0.5, 0.6) is 5.75 Å². The first-order chi connectivity index (χ1) is 16.0. The molecular formula is C27H19FN2O3. The number of para-hydroxylation sites is 1. The van der Waals surface area contributed by atoms with E-state index in [9.17, 15) is 14.4 Å². The number of nitrogens with zero attached hydrogens (tertiary/aromatic N) is 2. The fourth-order valence-corrected chi connectivity index (χ4v) is 3.70. The zero-order chi connectivity index (χ0) is 23.4. The molecular weight excluding hydrogens is 419 g/mol. The first kappa shape index (κ1) is 21.7. The Morgan fingerprint density at radius 2 is 1.85 bits per heavy atom. The van der Waals surface area contributed by atoms with Crippen molar-refractivity contribution in [2.24, 2.45) is 0 Å². The van der Waals surface area contributed by atoms with E-state index in [0.29, 0.717) is 34.3 Å². The lowest BCUT2D eigenvalue weighted by atomic mass is 9.95. The molecule has 0 atom stereocenters. The number of carboxylic acid groups (broad SMARTS) is 1. The van der Waals surface area contributed by atoms with E-state index in [4.69, 9.17) is 9.84 Å². The molecule has 162 valence electrons. The molecule has 0 aliphatic heterocycles. The van der Waals surface area contributed by atoms with E-state index in [-0.39, 0.29) is 5.56 Å². The number of aliphatic carboxylic acids is 1. The van der Waals surface area contributed by atoms with Crippen molar-refractivity contribution in [3.05, 3.63) is 89.8 Å². The number of carbonyl (C=O) groups is 1. The lowest BCUT2D eigenvalue weighted by Gasteiger charge is -2.13. The molecule has 0 fully saturated rings. The highest BCUT2D eigenvalue weighted by Crippen LogP contribution is 2.34. The Morgan fingerprint density at radius 1 is 1.12 bits per heavy atom. The number of hydrogen-bond acceptors (Lipinski definition) is 4. The van der Waals surface area contributed by atoms with Crippen molar-refractivity contribution in [3.8, 4) is 34.2 Å². The Hall–Kier alpha value is -4.50. The van der Waals surface area contributed by atoms with E-state index in [0.717, 1.165) is 23.0 Å². The molecule has 0 unspecified atom stereocenters. The van der Waals surface area contributed by atoms with Gasteiger partial charge in [-0.2, -0.15) is 5.26 Å². The monoisotopic (exact) mass is 438 g/mol. The molecule has 0 amide bonds. The zero-order valence-corrected chi connectivity index (χ0v) is 17.7. The SMILES string of the molecule is CCOc1ccccc1-c1ccc(-c2nc3ccc(F)cc3c(/C=C/C(=O)O)c2C#N)cc1. The summed E-state index contributed by atoms with van der Waals surface area (Å²) in [6.07, 6.45) is 2.23. The molecule has 0 saturated heterocycles. The maximum absolute atomic E-state index is 13.9. The fourth-order valence-electron chi connectivity index (χ4n) is 3.70. The lowest BCUT2D eigenvalue weighted by Crippen LogP contribution is -1.98. The molecule has 5 nitrogen and oxygen atoms in total. The third-order valence-electron chi connectivity index (χ3n) is 5.15. The van der Waals surface area contributed by atoms with E-state index in [2.05, 4.69) is 11.1 Å². The van der Waals surface area contributed by atoms with Crippen LogP contribution < -0.4 is 4.74 Å². The number of benzene rings is 3. The average Bonchev–Trinajstić information content (AvgIpc) is 2.82. The van der Waals surface area contributed by atoms with Gasteiger partial charge in [-0.05, 0) is 42.8 Å². The summed E-state index contributed by atoms with van der Waals surface area (Å²) in [7, 11) is 0. The van der Waals surface area contributed by atoms with Crippen LogP contribution in [0.1, 0.15) is 18.1 Å². The van der Waals surface area contributed by atoms with Crippen LogP contribution in [0.2, 0.25) is 0 Å². The van der Waals surface area contributed by atoms with Gasteiger partial charge in [-0.15, -0.1) is 0 Å². The molecule has 0 bridgehead atoms. The van der Waals surface area contributed by atoms with Gasteiger partial charge in [-0.1, -0.05) is 42.5 Å². The van der Waals surface area contributed by atoms with Crippen molar-refractivity contribution in [2.75, 3.05) is 6.61 Å². The van der Waals surface area contributed by atoms with E-state index in [1.807, 2.05) is 55.5 Å². The van der Waals surface area contributed by atoms with Gasteiger partial charge >= 0.3 is 5.97 Å². The number of aromatic nitrogens is 1. The second-order valence-corrected chi connectivity index (χ2v) is 7.20. The van der Waals surface area contributed by atoms with E-state index in [1.54, 1.807) is 0 Å². The summed E-state index contributed by atoms with van der Waals surface area (Å²) in [5.74, 6) is -0.889. The number of fused-ring (bicyclic) bond motifs is 1. The highest BCUT2D eigenvalue weighted by molar-refractivity contribution is 5.97. The van der Waals surface area contributed by atoms with Crippen molar-refractivity contribution >= 4 is 22.9 Å². The Kier molecular flexibility index (Phi) is 6.14. The first-order valence-corrected chi connectivity index (χ1v) is 10.3. The van der Waals surface area contributed by atoms with Crippen LogP contribution in [0.4, 0.5) is 4.39 Å². The van der Waals surface area contributed by atoms with Gasteiger partial charge in [0.15, 0.2) is 0 Å². The zero-order valence-electron chi connectivity index (χ0n) is 17.7. The molecule has 0 spiro atoms. The maximum atomic E-state index is 13.9. The fraction of sp³-hybridized carbons (Fsp3) is 0.0741. The summed E-state index contributed by atoms with van der Waals surface area (Å²) >= 11 is 0. The second kappa shape index (κ2) is 9.33. The number of halogens is 1. The van der Waals surface area contributed by atoms with Gasteiger partial charge in [0.25, 0.3) is 0 Å². The number of rotatable bonds is 6. The first-order valence-electron chi connectivity index (χ1n) is 10.3. The Bertz CT molecular complexity index is 1420. The number of hydrogen-bond donors (Lipinski definition) is 1. The summed E-state index contributed by atoms with van der Waals surface area (Å²) in [4.78, 5) is 15.7. The molecule has 33 heavy (non-hydrogen) atoms. The molecule has 1 heterocycles. The smallest absolute Gasteiger partial charge is 0.328 e. The molecule has 1 N–H and O–H groups in total. The van der Waals surface area contributed by atoms with Gasteiger partial charge in [0.2, 0.25) is 0 Å². The van der Waals surface area contributed by atoms with E-state index in [1.165, 1.54) is 24.3 Å². The molecule has 4 aromatic rings. The number of pyridine rings is 1. The molecule has 3 aromatic carbocycles. The maximum Gasteiger partial charge on any atom is 0.328 e. The molecule has 4 rings (SSSR count). The minimum absolute atomic E-state index is 0.174. The highest BCUT2D eigenvalue weighted by Gasteiger charge is 2.16. The third-order valence-corrected chi connectivity index (χ3v) is 5.15. The van der Waals surface area contributed by atoms with Gasteiger partial charge in [-0.3, -0.25) is 0 Å². The summed E-state index contributed by atoms with van der Waals surface area (Å²) in [6.45, 7) is 2.48. The molecule has 0 radical (unpaired) electrons. The molecule has 0 saturated carbocycles. The summed E-state index contributed by atoms with van der Waals surface area (Å²) in [5.41, 5.74) is 3.90. The summed E-state index contributed by atoms with van der Waals surface area (Å²) < 4.78 is 19.6. The normalized spacial score (nSPS) is 10.9. The Morgan fingerprint density at radius 3 is 2.55 bits per heavy atom. The number of carboxylic acids is 1. The van der Waals surface area contributed by atoms with Gasteiger partial charge in [0.05, 0.1) is 23.4 Å². The molecule has 1 aromatic heterocycles. The standard InChI is InChI=1S/C27H19FN2O3/c1-2-33-25-6-4-3-5-20(25)17-7-9-18(10-8-17)27-23(16-29)21(12-14-26(31)32)22-15-19(28)11-13-24(22)30-27/h3-15H,2H2,1H3,(H,31,32)/b14-12+. The van der Waals surface area contributed by atoms with Crippen molar-refractivity contribution in [3.63, 3.8) is 0 Å². The minimum atomic E-state index is -1.17. The second-order valence-electron chi connectivity index (χ2n) is 7.20. The quantitative estimate of drug-likeness (QED) is 0.369. The Balaban J connectivity index is 1.87. The number of ether oxygens (including phenoxy) is 1. The minimum Gasteiger partial charge on any atom is -0.493 e. The van der Waals surface area contributed by atoms with Crippen LogP contribution in [-0.2, 0) is 4.79 Å². The Labute approximate surface area is 190 Å². The van der Waals surface area contributed by atoms with Crippen LogP contribution in [-0.4, -0.2) is 22.7 Å². The van der Waals surface area contributed by atoms with Crippen molar-refractivity contribution < 1.29 is 19.0 Å². The van der Waals surface area contributed by atoms with Crippen molar-refractivity contribution in [1.29, 1.82) is 5.26 Å². The van der Waals surface area contributed by atoms with Crippen molar-refractivity contribution in [2.45, 2.75) is 6.92 Å². The predicted octanol–water partition coefficient (Wildman–Crippen LogP) is 6.08. The van der Waals surface area contributed by atoms with Crippen LogP contribution in [0.3, 0.4) is 0 Å². The topological polar surface area (TPSA) is 83.2 Å². The van der Waals surface area contributed by atoms with Gasteiger partial charge < -0.3 is 9.84 Å². The van der Waals surface area contributed by atoms with E-state index < -0.39 is 11.8 Å². The van der Waals surface area contributed by atoms with Crippen molar-refractivity contribution in [1.82, 2.24) is 4.98 Å². The van der Waals surface area contributed by atoms with Crippen LogP contribution in [0.25, 0.3) is 39.4 Å². The predicted molar refractivity (Wildman–Crippen MR) is 125 cm³/mol. The van der Waals surface area contributed by atoms with Gasteiger partial charge in [-0.25, -0.2) is 14.2 Å². The van der Waals surface area contributed by atoms with Gasteiger partial charge in [0, 0.05) is 28.2 Å². The third kappa shape index (κ3) is 4.43. The molecule has 6 heteroatoms. The lowest BCUT2D eigenvalue weighted by molar-refractivity contribution is -0.131. The van der Waals surface area contributed by atoms with Crippen LogP contribution in [0, 0.1) is 17.1 Å². The van der Waals surface area contributed by atoms with Gasteiger partial charge in [0.1, 0.15) is 17.6 Å². The summed E-state index contributed by atoms with van der Waals surface area (Å²) in [5, 5.41) is 19.4. The van der Waals surface area contributed by atoms with E-state index >= 15 is 0 Å².